The molecule has 0 saturated carbocycles. The molecule has 1 amide bonds. The number of carbonyl (C=O) groups excluding carboxylic acids is 1. The predicted octanol–water partition coefficient (Wildman–Crippen LogP) is 4.94. The number of hydrogen-bond donors (Lipinski definition) is 1. The molecular formula is C19H15N3OS2. The summed E-state index contributed by atoms with van der Waals surface area (Å²) in [7, 11) is 0. The minimum absolute atomic E-state index is 0.0877. The molecule has 0 spiro atoms. The summed E-state index contributed by atoms with van der Waals surface area (Å²) in [6.07, 6.45) is 4.04. The van der Waals surface area contributed by atoms with E-state index >= 15 is 0 Å². The van der Waals surface area contributed by atoms with Crippen LogP contribution in [0.15, 0.2) is 76.6 Å². The summed E-state index contributed by atoms with van der Waals surface area (Å²) in [5.41, 5.74) is 3.48. The van der Waals surface area contributed by atoms with Gasteiger partial charge in [0, 0.05) is 34.0 Å². The van der Waals surface area contributed by atoms with Gasteiger partial charge >= 0.3 is 0 Å². The van der Waals surface area contributed by atoms with Gasteiger partial charge in [0.2, 0.25) is 0 Å². The summed E-state index contributed by atoms with van der Waals surface area (Å²) < 4.78 is 2.02. The molecule has 0 fully saturated rings. The molecule has 124 valence electrons. The van der Waals surface area contributed by atoms with Crippen molar-refractivity contribution in [2.45, 2.75) is 10.6 Å². The second kappa shape index (κ2) is 7.13. The van der Waals surface area contributed by atoms with E-state index in [0.29, 0.717) is 5.56 Å². The van der Waals surface area contributed by atoms with Crippen molar-refractivity contribution in [3.63, 3.8) is 0 Å². The van der Waals surface area contributed by atoms with Crippen LogP contribution < -0.4 is 5.32 Å². The lowest BCUT2D eigenvalue weighted by Gasteiger charge is -2.04. The normalized spacial score (nSPS) is 10.9. The molecule has 0 aliphatic rings. The van der Waals surface area contributed by atoms with Gasteiger partial charge < -0.3 is 9.72 Å². The summed E-state index contributed by atoms with van der Waals surface area (Å²) in [6.45, 7) is 0. The van der Waals surface area contributed by atoms with Gasteiger partial charge in [-0.25, -0.2) is 4.98 Å². The van der Waals surface area contributed by atoms with E-state index in [0.717, 1.165) is 27.7 Å². The third kappa shape index (κ3) is 3.75. The molecule has 4 nitrogen and oxygen atoms in total. The molecule has 25 heavy (non-hydrogen) atoms. The van der Waals surface area contributed by atoms with Gasteiger partial charge in [-0.3, -0.25) is 4.79 Å². The zero-order valence-electron chi connectivity index (χ0n) is 13.3. The van der Waals surface area contributed by atoms with Crippen molar-refractivity contribution in [1.29, 1.82) is 0 Å². The third-order valence-electron chi connectivity index (χ3n) is 3.70. The zero-order chi connectivity index (χ0) is 17.1. The molecule has 0 saturated heterocycles. The molecule has 0 aliphatic carbocycles. The Hall–Kier alpha value is -2.57. The Morgan fingerprint density at radius 1 is 1.16 bits per heavy atom. The average molecular weight is 365 g/mol. The summed E-state index contributed by atoms with van der Waals surface area (Å²) in [4.78, 5) is 17.9. The van der Waals surface area contributed by atoms with Crippen LogP contribution in [0.2, 0.25) is 0 Å². The number of thioether (sulfide) groups is 1. The van der Waals surface area contributed by atoms with Crippen molar-refractivity contribution in [3.05, 3.63) is 82.9 Å². The van der Waals surface area contributed by atoms with Gasteiger partial charge in [-0.05, 0) is 47.8 Å². The quantitative estimate of drug-likeness (QED) is 0.510. The van der Waals surface area contributed by atoms with Crippen molar-refractivity contribution in [2.75, 3.05) is 5.32 Å². The van der Waals surface area contributed by atoms with Gasteiger partial charge in [-0.2, -0.15) is 11.3 Å². The number of aromatic nitrogens is 2. The zero-order valence-corrected chi connectivity index (χ0v) is 14.9. The number of anilines is 1. The molecule has 3 aromatic heterocycles. The number of carbonyl (C=O) groups is 1. The van der Waals surface area contributed by atoms with Crippen LogP contribution in [0.5, 0.6) is 0 Å². The molecule has 0 unspecified atom stereocenters. The van der Waals surface area contributed by atoms with Crippen LogP contribution in [0, 0.1) is 0 Å². The summed E-state index contributed by atoms with van der Waals surface area (Å²) in [5.74, 6) is 0.706. The Bertz CT molecular complexity index is 958. The Morgan fingerprint density at radius 2 is 2.04 bits per heavy atom. The van der Waals surface area contributed by atoms with Crippen molar-refractivity contribution in [3.8, 4) is 0 Å². The summed E-state index contributed by atoms with van der Waals surface area (Å²) in [5, 5.41) is 6.74. The standard InChI is InChI=1S/C19H15N3OS2/c23-19(21-15-8-10-24-12-15)14-4-6-17(7-5-14)25-13-16-11-22-9-2-1-3-18(22)20-16/h1-12H,13H2,(H,21,23). The lowest BCUT2D eigenvalue weighted by atomic mass is 10.2. The van der Waals surface area contributed by atoms with Crippen LogP contribution in [0.25, 0.3) is 5.65 Å². The van der Waals surface area contributed by atoms with E-state index in [9.17, 15) is 4.79 Å². The van der Waals surface area contributed by atoms with Gasteiger partial charge in [0.05, 0.1) is 11.4 Å². The Kier molecular flexibility index (Phi) is 4.54. The van der Waals surface area contributed by atoms with Crippen LogP contribution in [-0.2, 0) is 5.75 Å². The molecule has 0 bridgehead atoms. The SMILES string of the molecule is O=C(Nc1ccsc1)c1ccc(SCc2cn3ccccc3n2)cc1. The molecule has 3 heterocycles. The predicted molar refractivity (Wildman–Crippen MR) is 103 cm³/mol. The van der Waals surface area contributed by atoms with Crippen molar-refractivity contribution in [1.82, 2.24) is 9.38 Å². The third-order valence-corrected chi connectivity index (χ3v) is 5.42. The first-order valence-electron chi connectivity index (χ1n) is 7.77. The molecular weight excluding hydrogens is 350 g/mol. The number of nitrogens with one attached hydrogen (secondary N) is 1. The number of thiophene rings is 1. The van der Waals surface area contributed by atoms with Crippen LogP contribution in [0.3, 0.4) is 0 Å². The maximum atomic E-state index is 12.2. The van der Waals surface area contributed by atoms with E-state index in [1.807, 2.05) is 76.1 Å². The fraction of sp³-hybridized carbons (Fsp3) is 0.0526. The van der Waals surface area contributed by atoms with Crippen LogP contribution in [0.4, 0.5) is 5.69 Å². The Balaban J connectivity index is 1.39. The molecule has 6 heteroatoms. The summed E-state index contributed by atoms with van der Waals surface area (Å²) in [6, 6.07) is 15.5. The maximum absolute atomic E-state index is 12.2. The molecule has 4 aromatic rings. The highest BCUT2D eigenvalue weighted by Gasteiger charge is 2.07. The molecule has 1 N–H and O–H groups in total. The largest absolute Gasteiger partial charge is 0.321 e. The average Bonchev–Trinajstić information content (AvgIpc) is 3.29. The highest BCUT2D eigenvalue weighted by Crippen LogP contribution is 2.23. The van der Waals surface area contributed by atoms with Crippen molar-refractivity contribution in [2.24, 2.45) is 0 Å². The van der Waals surface area contributed by atoms with E-state index in [2.05, 4.69) is 10.3 Å². The van der Waals surface area contributed by atoms with E-state index < -0.39 is 0 Å². The number of fused-ring (bicyclic) bond motifs is 1. The minimum Gasteiger partial charge on any atom is -0.321 e. The lowest BCUT2D eigenvalue weighted by Crippen LogP contribution is -2.10. The van der Waals surface area contributed by atoms with E-state index in [4.69, 9.17) is 0 Å². The van der Waals surface area contributed by atoms with Gasteiger partial charge in [0.15, 0.2) is 0 Å². The van der Waals surface area contributed by atoms with Crippen molar-refractivity contribution < 1.29 is 4.79 Å². The van der Waals surface area contributed by atoms with E-state index in [1.54, 1.807) is 23.1 Å². The molecule has 0 aliphatic heterocycles. The van der Waals surface area contributed by atoms with Gasteiger partial charge in [-0.15, -0.1) is 11.8 Å². The topological polar surface area (TPSA) is 46.4 Å². The molecule has 4 rings (SSSR count). The number of rotatable bonds is 5. The number of pyridine rings is 1. The van der Waals surface area contributed by atoms with E-state index in [1.165, 1.54) is 0 Å². The fourth-order valence-corrected chi connectivity index (χ4v) is 3.83. The smallest absolute Gasteiger partial charge is 0.255 e. The number of amides is 1. The first-order chi connectivity index (χ1) is 12.3. The monoisotopic (exact) mass is 365 g/mol. The first kappa shape index (κ1) is 15.9. The first-order valence-corrected chi connectivity index (χ1v) is 9.70. The summed E-state index contributed by atoms with van der Waals surface area (Å²) >= 11 is 3.27. The molecule has 1 aromatic carbocycles. The number of imidazole rings is 1. The second-order valence-electron chi connectivity index (χ2n) is 5.48. The maximum Gasteiger partial charge on any atom is 0.255 e. The molecule has 0 atom stereocenters. The molecule has 0 radical (unpaired) electrons. The van der Waals surface area contributed by atoms with Crippen LogP contribution in [-0.4, -0.2) is 15.3 Å². The van der Waals surface area contributed by atoms with Crippen LogP contribution in [0.1, 0.15) is 16.1 Å². The Morgan fingerprint density at radius 3 is 2.80 bits per heavy atom. The second-order valence-corrected chi connectivity index (χ2v) is 7.31. The number of hydrogen-bond acceptors (Lipinski definition) is 4. The van der Waals surface area contributed by atoms with Gasteiger partial charge in [0.25, 0.3) is 5.91 Å². The van der Waals surface area contributed by atoms with Gasteiger partial charge in [0.1, 0.15) is 5.65 Å². The lowest BCUT2D eigenvalue weighted by molar-refractivity contribution is 0.102. The number of benzene rings is 1. The van der Waals surface area contributed by atoms with Crippen molar-refractivity contribution >= 4 is 40.3 Å². The van der Waals surface area contributed by atoms with Gasteiger partial charge in [-0.1, -0.05) is 6.07 Å². The number of nitrogens with zero attached hydrogens (tertiary/aromatic N) is 2. The van der Waals surface area contributed by atoms with E-state index in [-0.39, 0.29) is 5.91 Å². The van der Waals surface area contributed by atoms with Crippen LogP contribution >= 0.6 is 23.1 Å². The highest BCUT2D eigenvalue weighted by molar-refractivity contribution is 7.98. The minimum atomic E-state index is -0.0877. The Labute approximate surface area is 153 Å². The highest BCUT2D eigenvalue weighted by atomic mass is 32.2. The fourth-order valence-electron chi connectivity index (χ4n) is 2.46.